The van der Waals surface area contributed by atoms with Gasteiger partial charge in [-0.05, 0) is 28.1 Å². The van der Waals surface area contributed by atoms with Crippen molar-refractivity contribution in [3.8, 4) is 0 Å². The Morgan fingerprint density at radius 3 is 2.84 bits per heavy atom. The van der Waals surface area contributed by atoms with Gasteiger partial charge in [-0.2, -0.15) is 0 Å². The number of nitrogen functional groups attached to an aromatic ring is 1. The fourth-order valence-corrected chi connectivity index (χ4v) is 2.06. The van der Waals surface area contributed by atoms with E-state index in [1.54, 1.807) is 0 Å². The number of hydrogen-bond acceptors (Lipinski definition) is 4. The minimum Gasteiger partial charge on any atom is -0.396 e. The highest BCUT2D eigenvalue weighted by Crippen LogP contribution is 2.23. The maximum absolute atomic E-state index is 13.2. The summed E-state index contributed by atoms with van der Waals surface area (Å²) in [5, 5.41) is 9.57. The molecule has 0 bridgehead atoms. The number of anilines is 1. The molecule has 19 heavy (non-hydrogen) atoms. The van der Waals surface area contributed by atoms with Crippen molar-refractivity contribution in [1.82, 2.24) is 4.90 Å². The number of methoxy groups -OCH3 is 1. The molecule has 1 atom stereocenters. The topological polar surface area (TPSA) is 75.8 Å². The molecule has 0 aliphatic carbocycles. The van der Waals surface area contributed by atoms with Crippen LogP contribution in [-0.2, 0) is 4.74 Å². The lowest BCUT2D eigenvalue weighted by atomic mass is 10.1. The Balaban J connectivity index is 2.85. The largest absolute Gasteiger partial charge is 0.396 e. The highest BCUT2D eigenvalue weighted by atomic mass is 79.9. The van der Waals surface area contributed by atoms with Gasteiger partial charge < -0.3 is 20.5 Å². The zero-order chi connectivity index (χ0) is 14.6. The van der Waals surface area contributed by atoms with Crippen LogP contribution in [0.25, 0.3) is 0 Å². The molecule has 1 unspecified atom stereocenters. The van der Waals surface area contributed by atoms with Crippen LogP contribution in [0.4, 0.5) is 10.1 Å². The molecule has 0 aliphatic rings. The van der Waals surface area contributed by atoms with Crippen LogP contribution in [0.2, 0.25) is 0 Å². The van der Waals surface area contributed by atoms with Crippen LogP contribution in [0, 0.1) is 5.82 Å². The number of likely N-dealkylation sites (N-methyl/N-ethyl adjacent to an activating group) is 1. The van der Waals surface area contributed by atoms with Crippen molar-refractivity contribution >= 4 is 27.5 Å². The second-order valence-electron chi connectivity index (χ2n) is 4.15. The first-order valence-corrected chi connectivity index (χ1v) is 6.33. The standard InChI is InChI=1S/C12H16BrFN2O3/c1-16(5-7(17)6-19-2)12(18)8-3-11(15)10(14)4-9(8)13/h3-4,7,17H,5-6,15H2,1-2H3. The summed E-state index contributed by atoms with van der Waals surface area (Å²) in [7, 11) is 3.00. The number of ether oxygens (including phenoxy) is 1. The second kappa shape index (κ2) is 6.83. The molecule has 7 heteroatoms. The molecule has 0 radical (unpaired) electrons. The van der Waals surface area contributed by atoms with Gasteiger partial charge in [0, 0.05) is 25.2 Å². The van der Waals surface area contributed by atoms with Crippen LogP contribution >= 0.6 is 15.9 Å². The number of amides is 1. The van der Waals surface area contributed by atoms with E-state index in [2.05, 4.69) is 15.9 Å². The van der Waals surface area contributed by atoms with Crippen LogP contribution in [0.15, 0.2) is 16.6 Å². The first kappa shape index (κ1) is 15.9. The van der Waals surface area contributed by atoms with E-state index in [1.165, 1.54) is 25.1 Å². The molecular weight excluding hydrogens is 319 g/mol. The minimum absolute atomic E-state index is 0.0996. The monoisotopic (exact) mass is 334 g/mol. The summed E-state index contributed by atoms with van der Waals surface area (Å²) in [5.74, 6) is -0.959. The smallest absolute Gasteiger partial charge is 0.254 e. The number of carbonyl (C=O) groups is 1. The van der Waals surface area contributed by atoms with Gasteiger partial charge in [0.05, 0.1) is 24.0 Å². The molecule has 0 saturated heterocycles. The Kier molecular flexibility index (Phi) is 5.71. The fraction of sp³-hybridized carbons (Fsp3) is 0.417. The third kappa shape index (κ3) is 4.15. The van der Waals surface area contributed by atoms with Gasteiger partial charge in [0.15, 0.2) is 0 Å². The number of rotatable bonds is 5. The van der Waals surface area contributed by atoms with E-state index in [1.807, 2.05) is 0 Å². The number of carbonyl (C=O) groups excluding carboxylic acids is 1. The Hall–Kier alpha value is -1.18. The molecule has 0 aromatic heterocycles. The van der Waals surface area contributed by atoms with Gasteiger partial charge in [-0.15, -0.1) is 0 Å². The molecule has 0 saturated carbocycles. The van der Waals surface area contributed by atoms with Crippen molar-refractivity contribution in [3.63, 3.8) is 0 Å². The zero-order valence-corrected chi connectivity index (χ0v) is 12.3. The van der Waals surface area contributed by atoms with Crippen molar-refractivity contribution in [2.24, 2.45) is 0 Å². The van der Waals surface area contributed by atoms with E-state index in [0.29, 0.717) is 4.47 Å². The molecule has 1 amide bonds. The van der Waals surface area contributed by atoms with Crippen molar-refractivity contribution in [2.45, 2.75) is 6.10 Å². The van der Waals surface area contributed by atoms with Gasteiger partial charge in [0.1, 0.15) is 5.82 Å². The fourth-order valence-electron chi connectivity index (χ4n) is 1.58. The molecule has 0 fully saturated rings. The molecule has 3 N–H and O–H groups in total. The van der Waals surface area contributed by atoms with E-state index in [-0.39, 0.29) is 30.3 Å². The highest BCUT2D eigenvalue weighted by molar-refractivity contribution is 9.10. The van der Waals surface area contributed by atoms with Crippen LogP contribution in [0.3, 0.4) is 0 Å². The number of aliphatic hydroxyl groups is 1. The van der Waals surface area contributed by atoms with Crippen molar-refractivity contribution < 1.29 is 19.0 Å². The van der Waals surface area contributed by atoms with Crippen molar-refractivity contribution in [1.29, 1.82) is 0 Å². The number of nitrogens with zero attached hydrogens (tertiary/aromatic N) is 1. The Bertz CT molecular complexity index is 471. The molecular formula is C12H16BrFN2O3. The Labute approximate surface area is 119 Å². The maximum Gasteiger partial charge on any atom is 0.254 e. The lowest BCUT2D eigenvalue weighted by molar-refractivity contribution is 0.0380. The SMILES string of the molecule is COCC(O)CN(C)C(=O)c1cc(N)c(F)cc1Br. The minimum atomic E-state index is -0.782. The normalized spacial score (nSPS) is 12.3. The van der Waals surface area contributed by atoms with Gasteiger partial charge in [-0.3, -0.25) is 4.79 Å². The summed E-state index contributed by atoms with van der Waals surface area (Å²) in [5.41, 5.74) is 5.58. The molecule has 0 heterocycles. The average Bonchev–Trinajstić information content (AvgIpc) is 2.33. The second-order valence-corrected chi connectivity index (χ2v) is 5.00. The molecule has 1 rings (SSSR count). The number of benzene rings is 1. The van der Waals surface area contributed by atoms with Crippen LogP contribution in [0.1, 0.15) is 10.4 Å². The van der Waals surface area contributed by atoms with E-state index in [4.69, 9.17) is 10.5 Å². The van der Waals surface area contributed by atoms with Gasteiger partial charge in [0.25, 0.3) is 5.91 Å². The Morgan fingerprint density at radius 1 is 1.63 bits per heavy atom. The molecule has 5 nitrogen and oxygen atoms in total. The quantitative estimate of drug-likeness (QED) is 0.794. The highest BCUT2D eigenvalue weighted by Gasteiger charge is 2.19. The molecule has 1 aromatic rings. The molecule has 106 valence electrons. The lowest BCUT2D eigenvalue weighted by Crippen LogP contribution is -2.36. The number of aliphatic hydroxyl groups excluding tert-OH is 1. The summed E-state index contributed by atoms with van der Waals surface area (Å²) >= 11 is 3.12. The van der Waals surface area contributed by atoms with E-state index < -0.39 is 11.9 Å². The lowest BCUT2D eigenvalue weighted by Gasteiger charge is -2.21. The number of nitrogens with two attached hydrogens (primary N) is 1. The molecule has 0 aliphatic heterocycles. The summed E-state index contributed by atoms with van der Waals surface area (Å²) in [6.45, 7) is 0.237. The first-order valence-electron chi connectivity index (χ1n) is 5.53. The van der Waals surface area contributed by atoms with Crippen molar-refractivity contribution in [2.75, 3.05) is 33.0 Å². The van der Waals surface area contributed by atoms with Crippen LogP contribution in [-0.4, -0.2) is 49.3 Å². The first-order chi connectivity index (χ1) is 8.86. The zero-order valence-electron chi connectivity index (χ0n) is 10.7. The molecule has 0 spiro atoms. The number of halogens is 2. The average molecular weight is 335 g/mol. The van der Waals surface area contributed by atoms with E-state index >= 15 is 0 Å². The predicted molar refractivity (Wildman–Crippen MR) is 73.4 cm³/mol. The summed E-state index contributed by atoms with van der Waals surface area (Å²) in [6.07, 6.45) is -0.782. The van der Waals surface area contributed by atoms with E-state index in [0.717, 1.165) is 6.07 Å². The third-order valence-electron chi connectivity index (χ3n) is 2.51. The summed E-state index contributed by atoms with van der Waals surface area (Å²) < 4.78 is 18.3. The van der Waals surface area contributed by atoms with Crippen LogP contribution in [0.5, 0.6) is 0 Å². The van der Waals surface area contributed by atoms with Gasteiger partial charge >= 0.3 is 0 Å². The Morgan fingerprint density at radius 2 is 2.26 bits per heavy atom. The number of hydrogen-bond donors (Lipinski definition) is 2. The maximum atomic E-state index is 13.2. The van der Waals surface area contributed by atoms with Crippen LogP contribution < -0.4 is 5.73 Å². The predicted octanol–water partition coefficient (Wildman–Crippen LogP) is 1.25. The summed E-state index contributed by atoms with van der Waals surface area (Å²) in [6, 6.07) is 2.41. The van der Waals surface area contributed by atoms with E-state index in [9.17, 15) is 14.3 Å². The van der Waals surface area contributed by atoms with Gasteiger partial charge in [-0.1, -0.05) is 0 Å². The molecule has 1 aromatic carbocycles. The van der Waals surface area contributed by atoms with Gasteiger partial charge in [-0.25, -0.2) is 4.39 Å². The summed E-state index contributed by atoms with van der Waals surface area (Å²) in [4.78, 5) is 13.5. The van der Waals surface area contributed by atoms with Gasteiger partial charge in [0.2, 0.25) is 0 Å². The van der Waals surface area contributed by atoms with Crippen molar-refractivity contribution in [3.05, 3.63) is 28.0 Å². The third-order valence-corrected chi connectivity index (χ3v) is 3.16.